The molecular weight excluding hydrogens is 492 g/mol. The van der Waals surface area contributed by atoms with Crippen molar-refractivity contribution in [3.05, 3.63) is 77.1 Å². The fourth-order valence-electron chi connectivity index (χ4n) is 4.90. The molecule has 4 N–H and O–H groups in total. The van der Waals surface area contributed by atoms with Crippen LogP contribution < -0.4 is 15.4 Å². The van der Waals surface area contributed by atoms with Gasteiger partial charge in [0.05, 0.1) is 19.3 Å². The number of benzene rings is 2. The molecule has 1 aliphatic heterocycles. The van der Waals surface area contributed by atoms with Crippen LogP contribution in [0.15, 0.2) is 54.7 Å². The lowest BCUT2D eigenvalue weighted by Gasteiger charge is -2.29. The van der Waals surface area contributed by atoms with E-state index in [1.807, 2.05) is 37.3 Å². The molecule has 1 saturated heterocycles. The minimum absolute atomic E-state index is 0.0784. The Labute approximate surface area is 231 Å². The number of ether oxygens (including phenoxy) is 1. The summed E-state index contributed by atoms with van der Waals surface area (Å²) in [5.74, 6) is 0.607. The fourth-order valence-corrected chi connectivity index (χ4v) is 4.90. The summed E-state index contributed by atoms with van der Waals surface area (Å²) in [7, 11) is 0. The first-order chi connectivity index (χ1) is 19.0. The average molecular weight is 533 g/mol. The molecule has 1 amide bonds. The zero-order valence-electron chi connectivity index (χ0n) is 22.9. The summed E-state index contributed by atoms with van der Waals surface area (Å²) >= 11 is 0. The molecule has 39 heavy (non-hydrogen) atoms. The monoisotopic (exact) mass is 532 g/mol. The molecule has 2 aromatic carbocycles. The van der Waals surface area contributed by atoms with Crippen molar-refractivity contribution in [2.45, 2.75) is 45.8 Å². The minimum atomic E-state index is -0.262. The molecule has 0 saturated carbocycles. The standard InChI is InChI=1S/C31H40N4O4/c1-22-26(6-3-8-28(22)34-31(38)29-11-10-24(21-33-29)20-32-14-18-36)27-7-4-9-30(23(27)2)39-19-5-15-35-16-12-25(37)13-17-35/h3-4,6-11,21,25,32,36-37H,5,12-20H2,1-2H3,(H,34,38). The van der Waals surface area contributed by atoms with E-state index in [4.69, 9.17) is 9.84 Å². The molecule has 8 heteroatoms. The predicted octanol–water partition coefficient (Wildman–Crippen LogP) is 3.93. The number of likely N-dealkylation sites (tertiary alicyclic amines) is 1. The van der Waals surface area contributed by atoms with E-state index in [1.165, 1.54) is 0 Å². The summed E-state index contributed by atoms with van der Waals surface area (Å²) in [5.41, 5.74) is 6.19. The normalized spacial score (nSPS) is 14.4. The number of nitrogens with zero attached hydrogens (tertiary/aromatic N) is 2. The third-order valence-corrected chi connectivity index (χ3v) is 7.26. The van der Waals surface area contributed by atoms with Crippen molar-refractivity contribution in [3.63, 3.8) is 0 Å². The lowest BCUT2D eigenvalue weighted by molar-refractivity contribution is 0.0800. The van der Waals surface area contributed by atoms with Gasteiger partial charge in [0.25, 0.3) is 5.91 Å². The number of amides is 1. The van der Waals surface area contributed by atoms with Gasteiger partial charge in [-0.1, -0.05) is 30.3 Å². The number of hydrogen-bond donors (Lipinski definition) is 4. The maximum absolute atomic E-state index is 12.9. The van der Waals surface area contributed by atoms with Gasteiger partial charge in [-0.2, -0.15) is 0 Å². The van der Waals surface area contributed by atoms with E-state index >= 15 is 0 Å². The van der Waals surface area contributed by atoms with E-state index in [9.17, 15) is 9.90 Å². The molecule has 0 spiro atoms. The molecular formula is C31H40N4O4. The number of nitrogens with one attached hydrogen (secondary N) is 2. The molecule has 1 aromatic heterocycles. The second-order valence-corrected chi connectivity index (χ2v) is 10.1. The summed E-state index contributed by atoms with van der Waals surface area (Å²) in [6.07, 6.45) is 4.18. The third-order valence-electron chi connectivity index (χ3n) is 7.26. The lowest BCUT2D eigenvalue weighted by atomic mass is 9.95. The zero-order chi connectivity index (χ0) is 27.6. The van der Waals surface area contributed by atoms with Crippen LogP contribution in [0.3, 0.4) is 0 Å². The summed E-state index contributed by atoms with van der Waals surface area (Å²) < 4.78 is 6.17. The molecule has 1 fully saturated rings. The minimum Gasteiger partial charge on any atom is -0.493 e. The van der Waals surface area contributed by atoms with Gasteiger partial charge in [-0.05, 0) is 79.1 Å². The maximum atomic E-state index is 12.9. The SMILES string of the molecule is Cc1c(NC(=O)c2ccc(CNCCO)cn2)cccc1-c1cccc(OCCCN2CCC(O)CC2)c1C. The average Bonchev–Trinajstić information content (AvgIpc) is 2.95. The van der Waals surface area contributed by atoms with Crippen LogP contribution in [0.2, 0.25) is 0 Å². The van der Waals surface area contributed by atoms with Crippen LogP contribution in [-0.2, 0) is 6.54 Å². The van der Waals surface area contributed by atoms with Crippen molar-refractivity contribution < 1.29 is 19.7 Å². The van der Waals surface area contributed by atoms with Gasteiger partial charge in [0, 0.05) is 44.6 Å². The van der Waals surface area contributed by atoms with Crippen LogP contribution in [0.4, 0.5) is 5.69 Å². The van der Waals surface area contributed by atoms with Gasteiger partial charge in [0.2, 0.25) is 0 Å². The Bertz CT molecular complexity index is 1220. The molecule has 3 aromatic rings. The van der Waals surface area contributed by atoms with Gasteiger partial charge in [-0.25, -0.2) is 0 Å². The Morgan fingerprint density at radius 3 is 2.51 bits per heavy atom. The highest BCUT2D eigenvalue weighted by Gasteiger charge is 2.17. The van der Waals surface area contributed by atoms with Crippen LogP contribution in [0, 0.1) is 13.8 Å². The van der Waals surface area contributed by atoms with Crippen LogP contribution in [-0.4, -0.2) is 71.5 Å². The first kappa shape index (κ1) is 28.7. The number of aliphatic hydroxyl groups excluding tert-OH is 2. The Morgan fingerprint density at radius 2 is 1.79 bits per heavy atom. The van der Waals surface area contributed by atoms with Crippen molar-refractivity contribution in [1.82, 2.24) is 15.2 Å². The molecule has 0 unspecified atom stereocenters. The number of aliphatic hydroxyl groups is 2. The Morgan fingerprint density at radius 1 is 1.05 bits per heavy atom. The molecule has 8 nitrogen and oxygen atoms in total. The highest BCUT2D eigenvalue weighted by atomic mass is 16.5. The largest absolute Gasteiger partial charge is 0.493 e. The van der Waals surface area contributed by atoms with Gasteiger partial charge >= 0.3 is 0 Å². The van der Waals surface area contributed by atoms with Crippen LogP contribution >= 0.6 is 0 Å². The molecule has 0 radical (unpaired) electrons. The molecule has 1 aliphatic rings. The Balaban J connectivity index is 1.38. The third kappa shape index (κ3) is 7.86. The number of piperidine rings is 1. The molecule has 208 valence electrons. The number of carbonyl (C=O) groups excluding carboxylic acids is 1. The van der Waals surface area contributed by atoms with Gasteiger partial charge in [-0.3, -0.25) is 9.78 Å². The van der Waals surface area contributed by atoms with Crippen LogP contribution in [0.1, 0.15) is 46.4 Å². The molecule has 0 bridgehead atoms. The second kappa shape index (κ2) is 14.2. The van der Waals surface area contributed by atoms with E-state index in [2.05, 4.69) is 39.6 Å². The topological polar surface area (TPSA) is 107 Å². The smallest absolute Gasteiger partial charge is 0.274 e. The van der Waals surface area contributed by atoms with Crippen molar-refractivity contribution in [2.75, 3.05) is 44.7 Å². The molecule has 0 atom stereocenters. The summed E-state index contributed by atoms with van der Waals surface area (Å²) in [6.45, 7) is 8.78. The van der Waals surface area contributed by atoms with Crippen molar-refractivity contribution in [1.29, 1.82) is 0 Å². The van der Waals surface area contributed by atoms with Gasteiger partial charge in [0.1, 0.15) is 11.4 Å². The highest BCUT2D eigenvalue weighted by molar-refractivity contribution is 6.03. The quantitative estimate of drug-likeness (QED) is 0.262. The van der Waals surface area contributed by atoms with E-state index in [1.54, 1.807) is 12.3 Å². The first-order valence-corrected chi connectivity index (χ1v) is 13.8. The van der Waals surface area contributed by atoms with Crippen LogP contribution in [0.25, 0.3) is 11.1 Å². The van der Waals surface area contributed by atoms with Crippen molar-refractivity contribution in [3.8, 4) is 16.9 Å². The van der Waals surface area contributed by atoms with E-state index < -0.39 is 0 Å². The molecule has 0 aliphatic carbocycles. The predicted molar refractivity (Wildman–Crippen MR) is 154 cm³/mol. The fraction of sp³-hybridized carbons (Fsp3) is 0.419. The number of hydrogen-bond acceptors (Lipinski definition) is 7. The van der Waals surface area contributed by atoms with Gasteiger partial charge in [-0.15, -0.1) is 0 Å². The Kier molecular flexibility index (Phi) is 10.4. The number of rotatable bonds is 12. The number of aromatic nitrogens is 1. The van der Waals surface area contributed by atoms with Gasteiger partial charge < -0.3 is 30.5 Å². The summed E-state index contributed by atoms with van der Waals surface area (Å²) in [5, 5.41) is 24.7. The van der Waals surface area contributed by atoms with Crippen molar-refractivity contribution in [2.24, 2.45) is 0 Å². The maximum Gasteiger partial charge on any atom is 0.274 e. The van der Waals surface area contributed by atoms with E-state index in [-0.39, 0.29) is 18.6 Å². The lowest BCUT2D eigenvalue weighted by Crippen LogP contribution is -2.36. The van der Waals surface area contributed by atoms with E-state index in [0.717, 1.165) is 78.2 Å². The second-order valence-electron chi connectivity index (χ2n) is 10.1. The van der Waals surface area contributed by atoms with Crippen molar-refractivity contribution >= 4 is 11.6 Å². The number of anilines is 1. The highest BCUT2D eigenvalue weighted by Crippen LogP contribution is 2.34. The first-order valence-electron chi connectivity index (χ1n) is 13.8. The number of pyridine rings is 1. The summed E-state index contributed by atoms with van der Waals surface area (Å²) in [6, 6.07) is 15.6. The van der Waals surface area contributed by atoms with Crippen LogP contribution in [0.5, 0.6) is 5.75 Å². The Hall–Kier alpha value is -3.30. The molecule has 2 heterocycles. The summed E-state index contributed by atoms with van der Waals surface area (Å²) in [4.78, 5) is 19.6. The molecule has 4 rings (SSSR count). The van der Waals surface area contributed by atoms with Gasteiger partial charge in [0.15, 0.2) is 0 Å². The number of carbonyl (C=O) groups is 1. The van der Waals surface area contributed by atoms with E-state index in [0.29, 0.717) is 25.4 Å². The zero-order valence-corrected chi connectivity index (χ0v) is 22.9.